The van der Waals surface area contributed by atoms with E-state index in [0.29, 0.717) is 15.9 Å². The fraction of sp³-hybridized carbons (Fsp3) is 0. The fourth-order valence-corrected chi connectivity index (χ4v) is 1.53. The van der Waals surface area contributed by atoms with E-state index in [-0.39, 0.29) is 5.97 Å². The number of esters is 1. The van der Waals surface area contributed by atoms with Gasteiger partial charge in [-0.1, -0.05) is 18.2 Å². The first-order chi connectivity index (χ1) is 6.20. The van der Waals surface area contributed by atoms with E-state index < -0.39 is 0 Å². The summed E-state index contributed by atoms with van der Waals surface area (Å²) in [4.78, 5) is 11.2. The molecule has 0 amide bonds. The Kier molecular flexibility index (Phi) is 1.84. The number of hydrogen-bond acceptors (Lipinski definition) is 3. The summed E-state index contributed by atoms with van der Waals surface area (Å²) in [6.45, 7) is 0. The van der Waals surface area contributed by atoms with Crippen LogP contribution in [0.1, 0.15) is 15.9 Å². The van der Waals surface area contributed by atoms with Gasteiger partial charge in [0.25, 0.3) is 0 Å². The van der Waals surface area contributed by atoms with Gasteiger partial charge < -0.3 is 10.5 Å². The van der Waals surface area contributed by atoms with Gasteiger partial charge in [0.2, 0.25) is 0 Å². The predicted molar refractivity (Wildman–Crippen MR) is 51.9 cm³/mol. The number of carbonyl (C=O) groups is 1. The lowest BCUT2D eigenvalue weighted by Crippen LogP contribution is -1.95. The molecule has 3 nitrogen and oxygen atoms in total. The van der Waals surface area contributed by atoms with Crippen molar-refractivity contribution in [1.82, 2.24) is 0 Å². The number of cyclic esters (lactones) is 1. The smallest absolute Gasteiger partial charge is 0.344 e. The van der Waals surface area contributed by atoms with Crippen molar-refractivity contribution in [3.8, 4) is 0 Å². The summed E-state index contributed by atoms with van der Waals surface area (Å²) in [7, 11) is 0. The van der Waals surface area contributed by atoms with Gasteiger partial charge in [0.05, 0.1) is 5.56 Å². The molecule has 0 spiro atoms. The van der Waals surface area contributed by atoms with Crippen LogP contribution in [0.4, 0.5) is 0 Å². The Balaban J connectivity index is 2.67. The van der Waals surface area contributed by atoms with Crippen molar-refractivity contribution in [2.45, 2.75) is 0 Å². The van der Waals surface area contributed by atoms with Crippen LogP contribution in [0.15, 0.2) is 28.9 Å². The van der Waals surface area contributed by atoms with Crippen molar-refractivity contribution >= 4 is 27.7 Å². The van der Waals surface area contributed by atoms with Gasteiger partial charge in [0.15, 0.2) is 5.76 Å². The predicted octanol–water partition coefficient (Wildman–Crippen LogP) is 1.84. The fourth-order valence-electron chi connectivity index (χ4n) is 1.24. The Morgan fingerprint density at radius 1 is 1.31 bits per heavy atom. The number of hydrogen-bond donors (Lipinski definition) is 1. The lowest BCUT2D eigenvalue weighted by atomic mass is 10.1. The molecule has 13 heavy (non-hydrogen) atoms. The third-order valence-electron chi connectivity index (χ3n) is 1.80. The molecule has 2 rings (SSSR count). The highest BCUT2D eigenvalue weighted by Gasteiger charge is 2.27. The second-order valence-corrected chi connectivity index (χ2v) is 3.47. The lowest BCUT2D eigenvalue weighted by Gasteiger charge is -1.97. The van der Waals surface area contributed by atoms with Gasteiger partial charge >= 0.3 is 5.97 Å². The molecule has 0 saturated heterocycles. The van der Waals surface area contributed by atoms with E-state index in [2.05, 4.69) is 15.9 Å². The molecule has 1 aromatic carbocycles. The van der Waals surface area contributed by atoms with Gasteiger partial charge in [0, 0.05) is 5.56 Å². The number of ether oxygens (including phenoxy) is 1. The molecule has 4 heteroatoms. The molecule has 0 saturated carbocycles. The summed E-state index contributed by atoms with van der Waals surface area (Å²) in [5.41, 5.74) is 6.79. The maximum Gasteiger partial charge on any atom is 0.344 e. The number of rotatable bonds is 0. The zero-order valence-corrected chi connectivity index (χ0v) is 8.17. The van der Waals surface area contributed by atoms with Crippen LogP contribution in [-0.4, -0.2) is 5.97 Å². The molecule has 66 valence electrons. The van der Waals surface area contributed by atoms with Crippen LogP contribution < -0.4 is 5.73 Å². The largest absolute Gasteiger partial charge is 0.419 e. The molecule has 2 N–H and O–H groups in total. The maximum absolute atomic E-state index is 11.2. The molecular weight excluding hydrogens is 234 g/mol. The van der Waals surface area contributed by atoms with Crippen LogP contribution in [0.5, 0.6) is 0 Å². The molecule has 1 heterocycles. The minimum Gasteiger partial charge on any atom is -0.419 e. The molecule has 0 fully saturated rings. The molecule has 0 bridgehead atoms. The normalized spacial score (nSPS) is 18.1. The van der Waals surface area contributed by atoms with E-state index in [9.17, 15) is 4.79 Å². The Labute approximate surface area is 83.3 Å². The Morgan fingerprint density at radius 2 is 1.92 bits per heavy atom. The second-order valence-electron chi connectivity index (χ2n) is 2.61. The van der Waals surface area contributed by atoms with Gasteiger partial charge in [-0.2, -0.15) is 0 Å². The highest BCUT2D eigenvalue weighted by Crippen LogP contribution is 2.31. The minimum absolute atomic E-state index is 0.339. The van der Waals surface area contributed by atoms with Crippen molar-refractivity contribution in [2.24, 2.45) is 5.73 Å². The molecular formula is C9H6BrNO2. The van der Waals surface area contributed by atoms with E-state index >= 15 is 0 Å². The van der Waals surface area contributed by atoms with Gasteiger partial charge in [-0.25, -0.2) is 4.79 Å². The van der Waals surface area contributed by atoms with Crippen LogP contribution in [0, 0.1) is 0 Å². The summed E-state index contributed by atoms with van der Waals surface area (Å²) >= 11 is 3.08. The topological polar surface area (TPSA) is 52.3 Å². The molecule has 0 aliphatic carbocycles. The average Bonchev–Trinajstić information content (AvgIpc) is 2.45. The number of fused-ring (bicyclic) bond motifs is 1. The van der Waals surface area contributed by atoms with Crippen LogP contribution in [-0.2, 0) is 4.74 Å². The molecule has 1 aliphatic rings. The summed E-state index contributed by atoms with van der Waals surface area (Å²) in [6, 6.07) is 7.12. The highest BCUT2D eigenvalue weighted by molar-refractivity contribution is 9.11. The van der Waals surface area contributed by atoms with Gasteiger partial charge in [0.1, 0.15) is 4.61 Å². The monoisotopic (exact) mass is 239 g/mol. The van der Waals surface area contributed by atoms with Crippen molar-refractivity contribution in [2.75, 3.05) is 0 Å². The molecule has 0 atom stereocenters. The third-order valence-corrected chi connectivity index (χ3v) is 2.16. The van der Waals surface area contributed by atoms with Crippen molar-refractivity contribution in [1.29, 1.82) is 0 Å². The highest BCUT2D eigenvalue weighted by atomic mass is 79.9. The molecule has 0 aromatic heterocycles. The van der Waals surface area contributed by atoms with Crippen LogP contribution in [0.25, 0.3) is 5.76 Å². The average molecular weight is 240 g/mol. The summed E-state index contributed by atoms with van der Waals surface area (Å²) in [5.74, 6) is 0.0496. The summed E-state index contributed by atoms with van der Waals surface area (Å²) in [5, 5.41) is 0. The van der Waals surface area contributed by atoms with Crippen LogP contribution >= 0.6 is 15.9 Å². The zero-order valence-electron chi connectivity index (χ0n) is 6.58. The molecule has 0 unspecified atom stereocenters. The maximum atomic E-state index is 11.2. The first kappa shape index (κ1) is 8.31. The van der Waals surface area contributed by atoms with E-state index in [1.165, 1.54) is 0 Å². The van der Waals surface area contributed by atoms with E-state index in [0.717, 1.165) is 5.56 Å². The first-order valence-electron chi connectivity index (χ1n) is 3.67. The van der Waals surface area contributed by atoms with Gasteiger partial charge in [-0.05, 0) is 22.0 Å². The van der Waals surface area contributed by atoms with Crippen LogP contribution in [0.3, 0.4) is 0 Å². The van der Waals surface area contributed by atoms with Crippen molar-refractivity contribution in [3.63, 3.8) is 0 Å². The number of benzene rings is 1. The Hall–Kier alpha value is -1.29. The quantitative estimate of drug-likeness (QED) is 0.556. The zero-order chi connectivity index (χ0) is 9.42. The van der Waals surface area contributed by atoms with Crippen molar-refractivity contribution < 1.29 is 9.53 Å². The van der Waals surface area contributed by atoms with Gasteiger partial charge in [-0.15, -0.1) is 0 Å². The second kappa shape index (κ2) is 2.88. The summed E-state index contributed by atoms with van der Waals surface area (Å²) < 4.78 is 5.30. The SMILES string of the molecule is N/C(Br)=C1/OC(=O)c2ccccc21. The third kappa shape index (κ3) is 1.23. The van der Waals surface area contributed by atoms with E-state index in [1.54, 1.807) is 18.2 Å². The number of carbonyl (C=O) groups excluding carboxylic acids is 1. The van der Waals surface area contributed by atoms with Gasteiger partial charge in [-0.3, -0.25) is 0 Å². The Morgan fingerprint density at radius 3 is 2.54 bits per heavy atom. The van der Waals surface area contributed by atoms with Crippen LogP contribution in [0.2, 0.25) is 0 Å². The summed E-state index contributed by atoms with van der Waals surface area (Å²) in [6.07, 6.45) is 0. The Bertz CT molecular complexity index is 408. The van der Waals surface area contributed by atoms with E-state index in [1.807, 2.05) is 6.07 Å². The van der Waals surface area contributed by atoms with Crippen molar-refractivity contribution in [3.05, 3.63) is 40.0 Å². The molecule has 1 aromatic rings. The standard InChI is InChI=1S/C9H6BrNO2/c10-8(11)7-5-3-1-2-4-6(5)9(12)13-7/h1-4H,11H2/b8-7+. The number of halogens is 1. The molecule has 0 radical (unpaired) electrons. The first-order valence-corrected chi connectivity index (χ1v) is 4.46. The minimum atomic E-state index is -0.354. The number of nitrogens with two attached hydrogens (primary N) is 1. The lowest BCUT2D eigenvalue weighted by molar-refractivity contribution is 0.0715. The van der Waals surface area contributed by atoms with E-state index in [4.69, 9.17) is 10.5 Å². The molecule has 1 aliphatic heterocycles.